The van der Waals surface area contributed by atoms with Crippen LogP contribution in [0.5, 0.6) is 5.75 Å². The maximum absolute atomic E-state index is 13.3. The number of ether oxygens (including phenoxy) is 1. The van der Waals surface area contributed by atoms with Crippen molar-refractivity contribution in [2.45, 2.75) is 32.1 Å². The van der Waals surface area contributed by atoms with Crippen LogP contribution in [0.1, 0.15) is 23.1 Å². The molecule has 2 N–H and O–H groups in total. The van der Waals surface area contributed by atoms with Crippen LogP contribution in [-0.2, 0) is 16.1 Å². The number of benzene rings is 3. The summed E-state index contributed by atoms with van der Waals surface area (Å²) in [5.74, 6) is 0.377. The number of methoxy groups -OCH3 is 1. The lowest BCUT2D eigenvalue weighted by Gasteiger charge is -2.17. The molecule has 1 fully saturated rings. The Kier molecular flexibility index (Phi) is 7.78. The van der Waals surface area contributed by atoms with Gasteiger partial charge in [-0.25, -0.2) is 10.2 Å². The summed E-state index contributed by atoms with van der Waals surface area (Å²) < 4.78 is 5.23. The third-order valence-corrected chi connectivity index (χ3v) is 7.06. The van der Waals surface area contributed by atoms with Gasteiger partial charge in [-0.3, -0.25) is 14.6 Å². The number of halogens is 1. The van der Waals surface area contributed by atoms with Gasteiger partial charge in [-0.1, -0.05) is 41.4 Å². The zero-order valence-corrected chi connectivity index (χ0v) is 21.4. The maximum Gasteiger partial charge on any atom is 0.310 e. The van der Waals surface area contributed by atoms with Crippen molar-refractivity contribution in [3.8, 4) is 5.75 Å². The molecule has 1 aliphatic heterocycles. The maximum atomic E-state index is 13.3. The first-order valence-electron chi connectivity index (χ1n) is 11.2. The number of aryl methyl sites for hydroxylation is 2. The van der Waals surface area contributed by atoms with E-state index in [2.05, 4.69) is 10.3 Å². The molecule has 0 saturated carbocycles. The van der Waals surface area contributed by atoms with Crippen LogP contribution < -0.4 is 19.9 Å². The second-order valence-electron chi connectivity index (χ2n) is 8.33. The molecule has 35 heavy (non-hydrogen) atoms. The normalized spacial score (nSPS) is 16.1. The number of rotatable bonds is 6. The zero-order valence-electron chi connectivity index (χ0n) is 19.8. The Morgan fingerprint density at radius 1 is 1.09 bits per heavy atom. The van der Waals surface area contributed by atoms with Gasteiger partial charge in [0.15, 0.2) is 0 Å². The number of carbonyl (C=O) groups excluding carboxylic acids is 2. The molecule has 8 heteroatoms. The van der Waals surface area contributed by atoms with Crippen molar-refractivity contribution in [2.24, 2.45) is 0 Å². The predicted molar refractivity (Wildman–Crippen MR) is 142 cm³/mol. The number of hydrogen-bond donors (Lipinski definition) is 2. The molecule has 0 aliphatic carbocycles. The minimum absolute atomic E-state index is 0.132. The monoisotopic (exact) mass is 508 g/mol. The fraction of sp³-hybridized carbons (Fsp3) is 0.222. The minimum Gasteiger partial charge on any atom is -0.497 e. The van der Waals surface area contributed by atoms with Gasteiger partial charge >= 0.3 is 5.17 Å². The van der Waals surface area contributed by atoms with E-state index < -0.39 is 5.25 Å². The standard InChI is InChI=1S/C27H26ClN3O3S/c1-17-4-13-23(18(2)14-17)31-25(32)15-24(26(31)33)35-27(30-21-9-7-20(28)8-10-21)29-16-19-5-11-22(34-3)12-6-19/h4-14,24H,15-16H2,1-3H3,(H,29,30)/p+1. The van der Waals surface area contributed by atoms with Crippen LogP contribution in [0.3, 0.4) is 0 Å². The van der Waals surface area contributed by atoms with Crippen LogP contribution >= 0.6 is 23.4 Å². The number of amides is 2. The van der Waals surface area contributed by atoms with Gasteiger partial charge in [-0.05, 0) is 79.2 Å². The summed E-state index contributed by atoms with van der Waals surface area (Å²) in [5.41, 5.74) is 4.50. The highest BCUT2D eigenvalue weighted by molar-refractivity contribution is 8.15. The third kappa shape index (κ3) is 6.05. The molecule has 0 radical (unpaired) electrons. The zero-order chi connectivity index (χ0) is 24.9. The molecule has 3 aromatic carbocycles. The molecule has 1 saturated heterocycles. The van der Waals surface area contributed by atoms with Gasteiger partial charge in [0.05, 0.1) is 12.8 Å². The molecule has 0 spiro atoms. The quantitative estimate of drug-likeness (QED) is 0.298. The van der Waals surface area contributed by atoms with E-state index in [9.17, 15) is 9.59 Å². The van der Waals surface area contributed by atoms with E-state index in [-0.39, 0.29) is 18.2 Å². The molecular weight excluding hydrogens is 482 g/mol. The van der Waals surface area contributed by atoms with E-state index in [0.717, 1.165) is 28.1 Å². The first-order valence-corrected chi connectivity index (χ1v) is 12.5. The van der Waals surface area contributed by atoms with E-state index in [1.54, 1.807) is 19.2 Å². The number of amidine groups is 1. The van der Waals surface area contributed by atoms with Crippen molar-refractivity contribution in [3.63, 3.8) is 0 Å². The molecule has 0 bridgehead atoms. The fourth-order valence-electron chi connectivity index (χ4n) is 3.85. The van der Waals surface area contributed by atoms with Gasteiger partial charge in [-0.15, -0.1) is 0 Å². The molecule has 3 aromatic rings. The van der Waals surface area contributed by atoms with Crippen LogP contribution in [0.25, 0.3) is 0 Å². The Hall–Kier alpha value is -3.29. The molecule has 1 aliphatic rings. The van der Waals surface area contributed by atoms with Crippen LogP contribution in [0.15, 0.2) is 66.7 Å². The summed E-state index contributed by atoms with van der Waals surface area (Å²) in [6.07, 6.45) is 0.132. The summed E-state index contributed by atoms with van der Waals surface area (Å²) in [6.45, 7) is 4.43. The van der Waals surface area contributed by atoms with Gasteiger partial charge in [-0.2, -0.15) is 0 Å². The van der Waals surface area contributed by atoms with Crippen molar-refractivity contribution < 1.29 is 19.3 Å². The topological polar surface area (TPSA) is 72.6 Å². The van der Waals surface area contributed by atoms with Gasteiger partial charge in [0.2, 0.25) is 11.8 Å². The lowest BCUT2D eigenvalue weighted by molar-refractivity contribution is -0.472. The molecule has 0 aromatic heterocycles. The molecule has 180 valence electrons. The van der Waals surface area contributed by atoms with E-state index in [0.29, 0.717) is 22.4 Å². The largest absolute Gasteiger partial charge is 0.497 e. The van der Waals surface area contributed by atoms with Crippen LogP contribution in [0, 0.1) is 13.8 Å². The molecule has 1 unspecified atom stereocenters. The first kappa shape index (κ1) is 24.8. The summed E-state index contributed by atoms with van der Waals surface area (Å²) in [7, 11) is 1.63. The second-order valence-corrected chi connectivity index (χ2v) is 9.98. The van der Waals surface area contributed by atoms with Crippen LogP contribution in [0.4, 0.5) is 11.4 Å². The molecule has 1 heterocycles. The number of nitrogens with one attached hydrogen (secondary N) is 2. The first-order chi connectivity index (χ1) is 16.8. The Morgan fingerprint density at radius 3 is 2.46 bits per heavy atom. The van der Waals surface area contributed by atoms with Gasteiger partial charge in [0.1, 0.15) is 23.2 Å². The number of thioether (sulfide) groups is 1. The van der Waals surface area contributed by atoms with E-state index in [1.807, 2.05) is 68.4 Å². The van der Waals surface area contributed by atoms with Crippen LogP contribution in [0.2, 0.25) is 5.02 Å². The van der Waals surface area contributed by atoms with Gasteiger partial charge in [0, 0.05) is 11.4 Å². The van der Waals surface area contributed by atoms with Crippen molar-refractivity contribution >= 4 is 51.7 Å². The summed E-state index contributed by atoms with van der Waals surface area (Å²) >= 11 is 7.35. The van der Waals surface area contributed by atoms with Gasteiger partial charge in [0.25, 0.3) is 0 Å². The summed E-state index contributed by atoms with van der Waals surface area (Å²) in [4.78, 5) is 30.9. The average Bonchev–Trinajstić information content (AvgIpc) is 3.12. The molecular formula is C27H27ClN3O3S+. The smallest absolute Gasteiger partial charge is 0.310 e. The molecule has 6 nitrogen and oxygen atoms in total. The second kappa shape index (κ2) is 11.0. The summed E-state index contributed by atoms with van der Waals surface area (Å²) in [5, 5.41) is 4.11. The van der Waals surface area contributed by atoms with Crippen molar-refractivity contribution in [1.29, 1.82) is 0 Å². The van der Waals surface area contributed by atoms with Crippen molar-refractivity contribution in [2.75, 3.05) is 17.3 Å². The number of imide groups is 1. The Morgan fingerprint density at radius 2 is 1.80 bits per heavy atom. The SMILES string of the molecule is COc1ccc(C[NH+]=C(Nc2ccc(Cl)cc2)SC2CC(=O)N(c3ccc(C)cc3C)C2=O)cc1. The Labute approximate surface area is 214 Å². The number of hydrogen-bond acceptors (Lipinski definition) is 4. The highest BCUT2D eigenvalue weighted by Crippen LogP contribution is 2.32. The number of anilines is 2. The fourth-order valence-corrected chi connectivity index (χ4v) is 5.03. The lowest BCUT2D eigenvalue weighted by atomic mass is 10.1. The molecule has 1 atom stereocenters. The Bertz CT molecular complexity index is 1260. The molecule has 2 amide bonds. The summed E-state index contributed by atoms with van der Waals surface area (Å²) in [6, 6.07) is 20.8. The van der Waals surface area contributed by atoms with E-state index in [4.69, 9.17) is 16.3 Å². The van der Waals surface area contributed by atoms with E-state index >= 15 is 0 Å². The average molecular weight is 509 g/mol. The Balaban J connectivity index is 1.56. The van der Waals surface area contributed by atoms with Crippen LogP contribution in [-0.4, -0.2) is 29.3 Å². The van der Waals surface area contributed by atoms with Crippen molar-refractivity contribution in [3.05, 3.63) is 88.4 Å². The third-order valence-electron chi connectivity index (χ3n) is 5.67. The van der Waals surface area contributed by atoms with Gasteiger partial charge < -0.3 is 4.74 Å². The number of carbonyl (C=O) groups is 2. The highest BCUT2D eigenvalue weighted by Gasteiger charge is 2.42. The predicted octanol–water partition coefficient (Wildman–Crippen LogP) is 4.08. The minimum atomic E-state index is -0.540. The van der Waals surface area contributed by atoms with Crippen molar-refractivity contribution in [1.82, 2.24) is 0 Å². The lowest BCUT2D eigenvalue weighted by Crippen LogP contribution is -2.72. The number of nitrogens with zero attached hydrogens (tertiary/aromatic N) is 1. The highest BCUT2D eigenvalue weighted by atomic mass is 35.5. The molecule has 4 rings (SSSR count). The van der Waals surface area contributed by atoms with E-state index in [1.165, 1.54) is 16.7 Å².